The maximum atomic E-state index is 14.0. The topological polar surface area (TPSA) is 194 Å². The number of aromatic nitrogens is 1. The third-order valence-corrected chi connectivity index (χ3v) is 10.4. The number of oxazole rings is 1. The molecular formula is C37H38ClN5O9S. The second-order valence-corrected chi connectivity index (χ2v) is 15.0. The quantitative estimate of drug-likeness (QED) is 0.166. The Bertz CT molecular complexity index is 2160. The number of hydrogen-bond acceptors (Lipinski definition) is 10. The summed E-state index contributed by atoms with van der Waals surface area (Å²) in [6.45, 7) is 5.49. The molecule has 4 atom stereocenters. The highest BCUT2D eigenvalue weighted by Crippen LogP contribution is 2.29. The van der Waals surface area contributed by atoms with E-state index in [0.29, 0.717) is 34.7 Å². The van der Waals surface area contributed by atoms with Crippen molar-refractivity contribution in [1.29, 1.82) is 0 Å². The smallest absolute Gasteiger partial charge is 0.264 e. The van der Waals surface area contributed by atoms with Gasteiger partial charge in [-0.2, -0.15) is 0 Å². The van der Waals surface area contributed by atoms with E-state index in [0.717, 1.165) is 0 Å². The van der Waals surface area contributed by atoms with Crippen molar-refractivity contribution in [3.05, 3.63) is 94.8 Å². The summed E-state index contributed by atoms with van der Waals surface area (Å²) in [6.07, 6.45) is 2.16. The molecule has 1 aliphatic heterocycles. The SMILES string of the molecule is COc1ccc2oc(C(NC(=O)[C@@H]3CCCN3C(=O)[C@@H](NC(=O)c3ccc(C(=O)NS(=O)(=O)c4ccc(Cl)cc4)cc3)C(C)C)C(C)C=C=O)nc2c1. The van der Waals surface area contributed by atoms with Gasteiger partial charge < -0.3 is 24.7 Å². The molecule has 3 aromatic carbocycles. The highest BCUT2D eigenvalue weighted by Gasteiger charge is 2.40. The van der Waals surface area contributed by atoms with Gasteiger partial charge in [0.05, 0.1) is 12.0 Å². The molecule has 1 aromatic heterocycles. The van der Waals surface area contributed by atoms with E-state index < -0.39 is 57.7 Å². The first-order chi connectivity index (χ1) is 25.2. The van der Waals surface area contributed by atoms with Crippen LogP contribution in [0, 0.1) is 11.8 Å². The summed E-state index contributed by atoms with van der Waals surface area (Å²) in [5.41, 5.74) is 1.05. The van der Waals surface area contributed by atoms with Gasteiger partial charge in [0.15, 0.2) is 5.58 Å². The number of halogens is 1. The first kappa shape index (κ1) is 38.7. The van der Waals surface area contributed by atoms with Crippen LogP contribution in [0.25, 0.3) is 11.1 Å². The number of methoxy groups -OCH3 is 1. The molecule has 278 valence electrons. The van der Waals surface area contributed by atoms with E-state index >= 15 is 0 Å². The van der Waals surface area contributed by atoms with Gasteiger partial charge >= 0.3 is 0 Å². The zero-order chi connectivity index (χ0) is 38.4. The Balaban J connectivity index is 1.27. The minimum atomic E-state index is -4.18. The largest absolute Gasteiger partial charge is 0.497 e. The second kappa shape index (κ2) is 16.4. The Labute approximate surface area is 311 Å². The van der Waals surface area contributed by atoms with Crippen LogP contribution in [-0.2, 0) is 24.4 Å². The predicted octanol–water partition coefficient (Wildman–Crippen LogP) is 4.24. The first-order valence-electron chi connectivity index (χ1n) is 16.7. The monoisotopic (exact) mass is 763 g/mol. The number of benzene rings is 3. The van der Waals surface area contributed by atoms with Crippen molar-refractivity contribution in [2.24, 2.45) is 11.8 Å². The number of carbonyl (C=O) groups is 4. The Morgan fingerprint density at radius 1 is 0.981 bits per heavy atom. The molecule has 1 fully saturated rings. The molecule has 2 unspecified atom stereocenters. The molecule has 4 amide bonds. The van der Waals surface area contributed by atoms with E-state index in [1.807, 2.05) is 4.72 Å². The van der Waals surface area contributed by atoms with Crippen LogP contribution in [0.5, 0.6) is 5.75 Å². The molecule has 3 N–H and O–H groups in total. The summed E-state index contributed by atoms with van der Waals surface area (Å²) in [6, 6.07) is 12.9. The number of nitrogens with one attached hydrogen (secondary N) is 3. The first-order valence-corrected chi connectivity index (χ1v) is 18.6. The van der Waals surface area contributed by atoms with Crippen molar-refractivity contribution in [3.8, 4) is 5.75 Å². The van der Waals surface area contributed by atoms with Gasteiger partial charge in [-0.05, 0) is 79.4 Å². The van der Waals surface area contributed by atoms with Crippen molar-refractivity contribution < 1.29 is 41.5 Å². The zero-order valence-electron chi connectivity index (χ0n) is 29.3. The highest BCUT2D eigenvalue weighted by molar-refractivity contribution is 7.90. The molecule has 2 heterocycles. The Morgan fingerprint density at radius 2 is 1.64 bits per heavy atom. The molecule has 4 aromatic rings. The molecule has 0 bridgehead atoms. The fraction of sp³-hybridized carbons (Fsp3) is 0.324. The van der Waals surface area contributed by atoms with Crippen LogP contribution in [0.15, 0.2) is 82.1 Å². The molecule has 16 heteroatoms. The van der Waals surface area contributed by atoms with E-state index in [1.165, 1.54) is 66.6 Å². The normalized spacial score (nSPS) is 16.0. The van der Waals surface area contributed by atoms with Crippen molar-refractivity contribution in [2.45, 2.75) is 56.6 Å². The van der Waals surface area contributed by atoms with Gasteiger partial charge in [0.25, 0.3) is 21.8 Å². The van der Waals surface area contributed by atoms with Gasteiger partial charge in [-0.1, -0.05) is 32.4 Å². The molecule has 14 nitrogen and oxygen atoms in total. The van der Waals surface area contributed by atoms with Crippen LogP contribution < -0.4 is 20.1 Å². The van der Waals surface area contributed by atoms with Crippen LogP contribution in [-0.4, -0.2) is 73.6 Å². The van der Waals surface area contributed by atoms with Gasteiger partial charge in [-0.15, -0.1) is 0 Å². The number of carbonyl (C=O) groups excluding carboxylic acids is 5. The lowest BCUT2D eigenvalue weighted by atomic mass is 10.00. The number of nitrogens with zero attached hydrogens (tertiary/aromatic N) is 2. The Morgan fingerprint density at radius 3 is 2.26 bits per heavy atom. The fourth-order valence-corrected chi connectivity index (χ4v) is 7.00. The lowest BCUT2D eigenvalue weighted by Crippen LogP contribution is -2.55. The van der Waals surface area contributed by atoms with Gasteiger partial charge in [-0.3, -0.25) is 19.2 Å². The minimum absolute atomic E-state index is 0.0182. The predicted molar refractivity (Wildman–Crippen MR) is 194 cm³/mol. The molecule has 1 aliphatic rings. The number of fused-ring (bicyclic) bond motifs is 1. The third-order valence-electron chi connectivity index (χ3n) is 8.85. The van der Waals surface area contributed by atoms with Crippen LogP contribution in [0.3, 0.4) is 0 Å². The molecule has 0 saturated carbocycles. The molecule has 0 spiro atoms. The molecule has 5 rings (SSSR count). The van der Waals surface area contributed by atoms with E-state index in [-0.39, 0.29) is 34.4 Å². The van der Waals surface area contributed by atoms with E-state index in [4.69, 9.17) is 20.8 Å². The van der Waals surface area contributed by atoms with Crippen LogP contribution >= 0.6 is 11.6 Å². The summed E-state index contributed by atoms with van der Waals surface area (Å²) in [7, 11) is -2.66. The average molecular weight is 764 g/mol. The maximum absolute atomic E-state index is 14.0. The van der Waals surface area contributed by atoms with Crippen LogP contribution in [0.1, 0.15) is 66.3 Å². The summed E-state index contributed by atoms with van der Waals surface area (Å²) in [5, 5.41) is 6.00. The standard InChI is InChI=1S/C37H38ClN5O9S/c1-21(2)31(40-33(45)23-7-9-24(10-8-23)34(46)42-53(49,50)27-14-11-25(38)12-15-27)37(48)43-18-5-6-29(43)35(47)41-32(22(3)17-19-44)36-39-28-20-26(51-4)13-16-30(28)52-36/h7-17,20-22,29,31-32H,5-6,18H2,1-4H3,(H,40,45)(H,41,47)(H,42,46)/t22?,29-,31-,32?/m0/s1. The van der Waals surface area contributed by atoms with Crippen molar-refractivity contribution in [2.75, 3.05) is 13.7 Å². The summed E-state index contributed by atoms with van der Waals surface area (Å²) in [5.74, 6) is -0.912. The second-order valence-electron chi connectivity index (χ2n) is 12.9. The van der Waals surface area contributed by atoms with Crippen LogP contribution in [0.2, 0.25) is 5.02 Å². The number of likely N-dealkylation sites (tertiary alicyclic amines) is 1. The van der Waals surface area contributed by atoms with Crippen molar-refractivity contribution >= 4 is 62.3 Å². The number of rotatable bonds is 13. The van der Waals surface area contributed by atoms with Crippen molar-refractivity contribution in [3.63, 3.8) is 0 Å². The fourth-order valence-electron chi connectivity index (χ4n) is 5.90. The maximum Gasteiger partial charge on any atom is 0.264 e. The zero-order valence-corrected chi connectivity index (χ0v) is 30.9. The Hall–Kier alpha value is -5.50. The summed E-state index contributed by atoms with van der Waals surface area (Å²) >= 11 is 5.82. The molecular weight excluding hydrogens is 726 g/mol. The number of ether oxygens (including phenoxy) is 1. The van der Waals surface area contributed by atoms with Crippen molar-refractivity contribution in [1.82, 2.24) is 25.2 Å². The summed E-state index contributed by atoms with van der Waals surface area (Å²) < 4.78 is 38.4. The Kier molecular flexibility index (Phi) is 12.0. The summed E-state index contributed by atoms with van der Waals surface area (Å²) in [4.78, 5) is 70.9. The lowest BCUT2D eigenvalue weighted by molar-refractivity contribution is -0.141. The van der Waals surface area contributed by atoms with Gasteiger partial charge in [-0.25, -0.2) is 22.9 Å². The third kappa shape index (κ3) is 8.94. The van der Waals surface area contributed by atoms with Crippen LogP contribution in [0.4, 0.5) is 0 Å². The molecule has 53 heavy (non-hydrogen) atoms. The van der Waals surface area contributed by atoms with Gasteiger partial charge in [0.1, 0.15) is 35.3 Å². The van der Waals surface area contributed by atoms with E-state index in [1.54, 1.807) is 44.9 Å². The number of hydrogen-bond donors (Lipinski definition) is 3. The lowest BCUT2D eigenvalue weighted by Gasteiger charge is -2.31. The van der Waals surface area contributed by atoms with E-state index in [2.05, 4.69) is 15.6 Å². The number of sulfonamides is 1. The number of amides is 4. The van der Waals surface area contributed by atoms with E-state index in [9.17, 15) is 32.4 Å². The van der Waals surface area contributed by atoms with Gasteiger partial charge in [0, 0.05) is 40.8 Å². The molecule has 1 saturated heterocycles. The highest BCUT2D eigenvalue weighted by atomic mass is 35.5. The molecule has 0 aliphatic carbocycles. The van der Waals surface area contributed by atoms with Gasteiger partial charge in [0.2, 0.25) is 17.7 Å². The molecule has 0 radical (unpaired) electrons. The average Bonchev–Trinajstić information content (AvgIpc) is 3.80. The minimum Gasteiger partial charge on any atom is -0.497 e.